The molecule has 0 aliphatic carbocycles. The molecule has 0 radical (unpaired) electrons. The Morgan fingerprint density at radius 2 is 2.06 bits per heavy atom. The number of aromatic nitrogens is 3. The van der Waals surface area contributed by atoms with E-state index in [-0.39, 0.29) is 11.2 Å². The first-order chi connectivity index (χ1) is 7.41. The molecule has 2 heterocycles. The molecule has 0 aliphatic rings. The van der Waals surface area contributed by atoms with Crippen LogP contribution in [0, 0.1) is 6.92 Å². The van der Waals surface area contributed by atoms with E-state index in [9.17, 15) is 18.0 Å². The van der Waals surface area contributed by atoms with Crippen LogP contribution in [-0.2, 0) is 6.18 Å². The van der Waals surface area contributed by atoms with E-state index in [2.05, 4.69) is 10.2 Å². The van der Waals surface area contributed by atoms with Gasteiger partial charge in [0.25, 0.3) is 5.56 Å². The molecule has 4 nitrogen and oxygen atoms in total. The van der Waals surface area contributed by atoms with Gasteiger partial charge in [-0.2, -0.15) is 18.3 Å². The van der Waals surface area contributed by atoms with Gasteiger partial charge in [0.1, 0.15) is 0 Å². The van der Waals surface area contributed by atoms with Crippen LogP contribution in [0.25, 0.3) is 5.65 Å². The van der Waals surface area contributed by atoms with E-state index in [1.54, 1.807) is 0 Å². The number of fused-ring (bicyclic) bond motifs is 1. The third kappa shape index (κ3) is 1.54. The van der Waals surface area contributed by atoms with Gasteiger partial charge in [0.05, 0.1) is 11.8 Å². The van der Waals surface area contributed by atoms with Gasteiger partial charge in [0, 0.05) is 11.8 Å². The summed E-state index contributed by atoms with van der Waals surface area (Å²) in [6.45, 7) is 1.14. The molecule has 2 aromatic rings. The number of hydrogen-bond acceptors (Lipinski definition) is 3. The fraction of sp³-hybridized carbons (Fsp3) is 0.222. The van der Waals surface area contributed by atoms with Crippen molar-refractivity contribution in [1.29, 1.82) is 0 Å². The van der Waals surface area contributed by atoms with Gasteiger partial charge in [-0.15, -0.1) is 5.10 Å². The van der Waals surface area contributed by atoms with E-state index in [0.717, 1.165) is 17.4 Å². The minimum absolute atomic E-state index is 0.120. The summed E-state index contributed by atoms with van der Waals surface area (Å²) in [5.74, 6) is 0. The quantitative estimate of drug-likeness (QED) is 0.686. The predicted molar refractivity (Wildman–Crippen MR) is 49.0 cm³/mol. The summed E-state index contributed by atoms with van der Waals surface area (Å²) in [6.07, 6.45) is -2.05. The summed E-state index contributed by atoms with van der Waals surface area (Å²) in [7, 11) is 0. The highest BCUT2D eigenvalue weighted by atomic mass is 19.4. The topological polar surface area (TPSA) is 47.3 Å². The van der Waals surface area contributed by atoms with Gasteiger partial charge in [-0.3, -0.25) is 9.20 Å². The minimum Gasteiger partial charge on any atom is -0.269 e. The summed E-state index contributed by atoms with van der Waals surface area (Å²) in [6, 6.07) is 0.809. The van der Waals surface area contributed by atoms with Crippen LogP contribution in [0.5, 0.6) is 0 Å². The summed E-state index contributed by atoms with van der Waals surface area (Å²) in [5, 5.41) is 6.90. The van der Waals surface area contributed by atoms with Crippen molar-refractivity contribution in [1.82, 2.24) is 14.6 Å². The fourth-order valence-corrected chi connectivity index (χ4v) is 1.41. The highest BCUT2D eigenvalue weighted by Gasteiger charge is 2.34. The lowest BCUT2D eigenvalue weighted by atomic mass is 10.1. The Bertz CT molecular complexity index is 603. The van der Waals surface area contributed by atoms with Crippen LogP contribution in [0.1, 0.15) is 11.1 Å². The number of nitrogens with zero attached hydrogens (tertiary/aromatic N) is 3. The fourth-order valence-electron chi connectivity index (χ4n) is 1.41. The van der Waals surface area contributed by atoms with Crippen molar-refractivity contribution in [2.24, 2.45) is 0 Å². The van der Waals surface area contributed by atoms with Gasteiger partial charge in [0.15, 0.2) is 5.65 Å². The molecule has 0 fully saturated rings. The van der Waals surface area contributed by atoms with E-state index in [1.807, 2.05) is 0 Å². The van der Waals surface area contributed by atoms with E-state index >= 15 is 0 Å². The van der Waals surface area contributed by atoms with Crippen molar-refractivity contribution in [2.75, 3.05) is 0 Å². The van der Waals surface area contributed by atoms with Crippen LogP contribution in [0.2, 0.25) is 0 Å². The molecular weight excluding hydrogens is 223 g/mol. The molecule has 0 unspecified atom stereocenters. The molecule has 0 saturated carbocycles. The highest BCUT2D eigenvalue weighted by Crippen LogP contribution is 2.30. The molecule has 0 amide bonds. The molecule has 2 aromatic heterocycles. The first-order valence-corrected chi connectivity index (χ1v) is 4.32. The monoisotopic (exact) mass is 229 g/mol. The van der Waals surface area contributed by atoms with Crippen LogP contribution < -0.4 is 5.56 Å². The van der Waals surface area contributed by atoms with Gasteiger partial charge in [0.2, 0.25) is 0 Å². The molecule has 16 heavy (non-hydrogen) atoms. The van der Waals surface area contributed by atoms with Crippen molar-refractivity contribution in [3.8, 4) is 0 Å². The number of hydrogen-bond donors (Lipinski definition) is 0. The Balaban J connectivity index is 2.90. The van der Waals surface area contributed by atoms with Crippen molar-refractivity contribution in [3.63, 3.8) is 0 Å². The molecule has 84 valence electrons. The number of alkyl halides is 3. The van der Waals surface area contributed by atoms with Gasteiger partial charge < -0.3 is 0 Å². The van der Waals surface area contributed by atoms with Crippen LogP contribution >= 0.6 is 0 Å². The van der Waals surface area contributed by atoms with Crippen LogP contribution in [-0.4, -0.2) is 14.6 Å². The Morgan fingerprint density at radius 3 is 2.69 bits per heavy atom. The summed E-state index contributed by atoms with van der Waals surface area (Å²) >= 11 is 0. The molecule has 0 N–H and O–H groups in total. The van der Waals surface area contributed by atoms with Crippen molar-refractivity contribution in [2.45, 2.75) is 13.1 Å². The highest BCUT2D eigenvalue weighted by molar-refractivity contribution is 5.44. The SMILES string of the molecule is Cc1c(C(F)(F)F)cc2nnccn2c1=O. The standard InChI is InChI=1S/C9H6F3N3O/c1-5-6(9(10,11)12)4-7-14-13-2-3-15(7)8(5)16/h2-4H,1H3. The van der Waals surface area contributed by atoms with Crippen molar-refractivity contribution >= 4 is 5.65 Å². The van der Waals surface area contributed by atoms with Gasteiger partial charge >= 0.3 is 6.18 Å². The van der Waals surface area contributed by atoms with E-state index in [4.69, 9.17) is 0 Å². The first kappa shape index (κ1) is 10.6. The lowest BCUT2D eigenvalue weighted by Crippen LogP contribution is -2.22. The van der Waals surface area contributed by atoms with Gasteiger partial charge in [-0.25, -0.2) is 0 Å². The second kappa shape index (κ2) is 3.29. The largest absolute Gasteiger partial charge is 0.416 e. The first-order valence-electron chi connectivity index (χ1n) is 4.32. The van der Waals surface area contributed by atoms with E-state index in [1.165, 1.54) is 12.4 Å². The summed E-state index contributed by atoms with van der Waals surface area (Å²) in [4.78, 5) is 11.6. The molecular formula is C9H6F3N3O. The smallest absolute Gasteiger partial charge is 0.269 e. The molecule has 0 aromatic carbocycles. The lowest BCUT2D eigenvalue weighted by molar-refractivity contribution is -0.138. The predicted octanol–water partition coefficient (Wildman–Crippen LogP) is 1.42. The lowest BCUT2D eigenvalue weighted by Gasteiger charge is -2.10. The second-order valence-corrected chi connectivity index (χ2v) is 3.23. The molecule has 0 atom stereocenters. The maximum absolute atomic E-state index is 12.6. The maximum Gasteiger partial charge on any atom is 0.416 e. The van der Waals surface area contributed by atoms with Crippen molar-refractivity contribution < 1.29 is 13.2 Å². The zero-order valence-electron chi connectivity index (χ0n) is 8.12. The number of halogens is 3. The molecule has 0 bridgehead atoms. The average molecular weight is 229 g/mol. The van der Waals surface area contributed by atoms with Crippen LogP contribution in [0.15, 0.2) is 23.3 Å². The average Bonchev–Trinajstić information content (AvgIpc) is 2.22. The van der Waals surface area contributed by atoms with Crippen molar-refractivity contribution in [3.05, 3.63) is 39.9 Å². The molecule has 0 saturated heterocycles. The molecule has 0 aliphatic heterocycles. The Labute approximate surface area is 87.4 Å². The van der Waals surface area contributed by atoms with Crippen LogP contribution in [0.3, 0.4) is 0 Å². The normalized spacial score (nSPS) is 12.0. The zero-order valence-corrected chi connectivity index (χ0v) is 8.12. The summed E-state index contributed by atoms with van der Waals surface area (Å²) < 4.78 is 38.7. The third-order valence-corrected chi connectivity index (χ3v) is 2.21. The Hall–Kier alpha value is -1.92. The Kier molecular flexibility index (Phi) is 2.18. The third-order valence-electron chi connectivity index (χ3n) is 2.21. The van der Waals surface area contributed by atoms with Gasteiger partial charge in [-0.05, 0) is 13.0 Å². The minimum atomic E-state index is -4.56. The second-order valence-electron chi connectivity index (χ2n) is 3.23. The zero-order chi connectivity index (χ0) is 11.9. The summed E-state index contributed by atoms with van der Waals surface area (Å²) in [5.41, 5.74) is -2.18. The molecule has 0 spiro atoms. The Morgan fingerprint density at radius 1 is 1.38 bits per heavy atom. The number of pyridine rings is 1. The molecule has 2 rings (SSSR count). The molecule has 7 heteroatoms. The van der Waals surface area contributed by atoms with Gasteiger partial charge in [-0.1, -0.05) is 0 Å². The van der Waals surface area contributed by atoms with Crippen LogP contribution in [0.4, 0.5) is 13.2 Å². The number of rotatable bonds is 0. The van der Waals surface area contributed by atoms with E-state index < -0.39 is 17.3 Å². The van der Waals surface area contributed by atoms with E-state index in [0.29, 0.717) is 0 Å². The maximum atomic E-state index is 12.6.